The molecule has 0 saturated carbocycles. The minimum atomic E-state index is -3.42. The Morgan fingerprint density at radius 1 is 1.21 bits per heavy atom. The van der Waals surface area contributed by atoms with Crippen LogP contribution in [0.15, 0.2) is 36.4 Å². The van der Waals surface area contributed by atoms with Gasteiger partial charge in [-0.2, -0.15) is 0 Å². The van der Waals surface area contributed by atoms with E-state index in [9.17, 15) is 13.2 Å². The van der Waals surface area contributed by atoms with Crippen molar-refractivity contribution in [3.63, 3.8) is 0 Å². The minimum absolute atomic E-state index is 0. The number of ether oxygens (including phenoxy) is 1. The summed E-state index contributed by atoms with van der Waals surface area (Å²) in [6.07, 6.45) is 3.00. The molecule has 0 saturated heterocycles. The van der Waals surface area contributed by atoms with Crippen molar-refractivity contribution in [3.8, 4) is 5.75 Å². The van der Waals surface area contributed by atoms with Crippen molar-refractivity contribution < 1.29 is 60.7 Å². The first-order valence-corrected chi connectivity index (χ1v) is 8.05. The van der Waals surface area contributed by atoms with Gasteiger partial charge in [-0.1, -0.05) is 30.3 Å². The first kappa shape index (κ1) is 22.9. The Balaban J connectivity index is 0.00000264. The average molecular weight is 428 g/mol. The predicted molar refractivity (Wildman–Crippen MR) is 85.3 cm³/mol. The van der Waals surface area contributed by atoms with Gasteiger partial charge in [-0.3, -0.25) is 13.6 Å². The Labute approximate surface area is 166 Å². The summed E-state index contributed by atoms with van der Waals surface area (Å²) < 4.78 is 27.4. The molecule has 9 heteroatoms. The van der Waals surface area contributed by atoms with Crippen LogP contribution < -0.4 is 10.4 Å². The molecule has 2 aromatic rings. The molecule has 24 heavy (non-hydrogen) atoms. The normalized spacial score (nSPS) is 10.4. The molecule has 0 aromatic heterocycles. The smallest absolute Gasteiger partial charge is 0.363 e. The number of benzene rings is 2. The molecule has 0 aliphatic heterocycles. The predicted octanol–water partition coefficient (Wildman–Crippen LogP) is 1.92. The maximum atomic E-state index is 12.0. The van der Waals surface area contributed by atoms with Crippen molar-refractivity contribution in [1.82, 2.24) is 5.64 Å². The summed E-state index contributed by atoms with van der Waals surface area (Å²) in [6, 6.07) is 10.3. The topological polar surface area (TPSA) is 102 Å². The summed E-state index contributed by atoms with van der Waals surface area (Å²) in [7, 11) is -3.42. The fourth-order valence-corrected chi connectivity index (χ4v) is 2.29. The van der Waals surface area contributed by atoms with E-state index < -0.39 is 15.8 Å². The van der Waals surface area contributed by atoms with E-state index in [0.717, 1.165) is 5.39 Å². The third-order valence-electron chi connectivity index (χ3n) is 2.89. The van der Waals surface area contributed by atoms with Gasteiger partial charge in [0.1, 0.15) is 11.3 Å². The maximum Gasteiger partial charge on any atom is 0.363 e. The van der Waals surface area contributed by atoms with Gasteiger partial charge in [0.2, 0.25) is 0 Å². The average Bonchev–Trinajstić information content (AvgIpc) is 2.45. The second kappa shape index (κ2) is 10.1. The largest absolute Gasteiger partial charge is 0.492 e. The van der Waals surface area contributed by atoms with Gasteiger partial charge >= 0.3 is 5.97 Å². The van der Waals surface area contributed by atoms with Gasteiger partial charge in [-0.25, -0.2) is 11.1 Å². The van der Waals surface area contributed by atoms with Crippen LogP contribution in [0.1, 0.15) is 10.4 Å². The van der Waals surface area contributed by atoms with Gasteiger partial charge in [0.25, 0.3) is 0 Å². The molecule has 0 atom stereocenters. The number of nitrogens with one attached hydrogen (secondary N) is 1. The third-order valence-corrected chi connectivity index (χ3v) is 3.67. The van der Waals surface area contributed by atoms with Crippen LogP contribution in [-0.4, -0.2) is 32.0 Å². The number of hydrogen-bond donors (Lipinski definition) is 2. The molecule has 0 heterocycles. The van der Waals surface area contributed by atoms with E-state index in [1.54, 1.807) is 30.3 Å². The van der Waals surface area contributed by atoms with Gasteiger partial charge in [0, 0.05) is 47.9 Å². The van der Waals surface area contributed by atoms with Crippen LogP contribution in [0.3, 0.4) is 0 Å². The second-order valence-electron chi connectivity index (χ2n) is 4.44. The number of carbonyl (C=O) groups is 1. The summed E-state index contributed by atoms with van der Waals surface area (Å²) in [5.74, 6) is -0.985. The molecule has 0 aliphatic carbocycles. The van der Waals surface area contributed by atoms with E-state index in [1.165, 1.54) is 11.7 Å². The Kier molecular flexibility index (Phi) is 9.61. The fourth-order valence-electron chi connectivity index (χ4n) is 1.95. The summed E-state index contributed by atoms with van der Waals surface area (Å²) in [5, 5.41) is 9.84. The number of hydrogen-bond acceptors (Lipinski definition) is 7. The van der Waals surface area contributed by atoms with E-state index >= 15 is 0 Å². The van der Waals surface area contributed by atoms with Crippen molar-refractivity contribution in [2.24, 2.45) is 0 Å². The van der Waals surface area contributed by atoms with Gasteiger partial charge in [0.05, 0.1) is 12.4 Å². The number of sulfone groups is 1. The Bertz CT molecular complexity index is 794. The Morgan fingerprint density at radius 2 is 1.88 bits per heavy atom. The summed E-state index contributed by atoms with van der Waals surface area (Å²) in [5.41, 5.74) is 1.41. The zero-order valence-electron chi connectivity index (χ0n) is 13.1. The standard InChI is InChI=1S/C14H14NO6S.CH3.Y/c1-22(18,19)9-8-20-12-7-6-10-4-2-3-5-11(10)13(12)14(16)21-15-17;;/h2-7,15,17H,1,8-9H2;1H3;/q2*-1;. The molecule has 0 spiro atoms. The van der Waals surface area contributed by atoms with Crippen molar-refractivity contribution >= 4 is 26.6 Å². The van der Waals surface area contributed by atoms with Crippen LogP contribution in [0.5, 0.6) is 5.75 Å². The van der Waals surface area contributed by atoms with E-state index in [0.29, 0.717) is 5.39 Å². The zero-order valence-corrected chi connectivity index (χ0v) is 16.7. The first-order valence-electron chi connectivity index (χ1n) is 6.23. The van der Waals surface area contributed by atoms with E-state index in [4.69, 9.17) is 9.94 Å². The quantitative estimate of drug-likeness (QED) is 0.536. The Morgan fingerprint density at radius 3 is 2.50 bits per heavy atom. The van der Waals surface area contributed by atoms with Crippen molar-refractivity contribution in [1.29, 1.82) is 0 Å². The van der Waals surface area contributed by atoms with Crippen molar-refractivity contribution in [3.05, 3.63) is 55.6 Å². The van der Waals surface area contributed by atoms with Crippen LogP contribution in [0.4, 0.5) is 0 Å². The Hall–Kier alpha value is -1.06. The van der Waals surface area contributed by atoms with Crippen molar-refractivity contribution in [2.45, 2.75) is 0 Å². The molecule has 0 aliphatic rings. The zero-order chi connectivity index (χ0) is 16.2. The second-order valence-corrected chi connectivity index (χ2v) is 6.33. The van der Waals surface area contributed by atoms with Gasteiger partial charge in [-0.15, -0.1) is 0 Å². The van der Waals surface area contributed by atoms with E-state index in [-0.39, 0.29) is 63.8 Å². The van der Waals surface area contributed by atoms with Gasteiger partial charge in [0.15, 0.2) is 0 Å². The summed E-state index contributed by atoms with van der Waals surface area (Å²) in [6.45, 7) is -0.156. The third kappa shape index (κ3) is 6.10. The molecule has 2 N–H and O–H groups in total. The number of carbonyl (C=O) groups excluding carboxylic acids is 1. The van der Waals surface area contributed by atoms with Crippen LogP contribution in [0.2, 0.25) is 0 Å². The van der Waals surface area contributed by atoms with Gasteiger partial charge in [-0.05, 0) is 17.1 Å². The monoisotopic (exact) mass is 428 g/mol. The summed E-state index contributed by atoms with van der Waals surface area (Å²) >= 11 is 0. The van der Waals surface area contributed by atoms with Gasteiger partial charge < -0.3 is 17.0 Å². The molecule has 7 nitrogen and oxygen atoms in total. The molecule has 1 radical (unpaired) electrons. The number of fused-ring (bicyclic) bond motifs is 1. The van der Waals surface area contributed by atoms with Crippen LogP contribution in [0, 0.1) is 13.7 Å². The fraction of sp³-hybridized carbons (Fsp3) is 0.133. The maximum absolute atomic E-state index is 12.0. The molecular formula is C15H17NO6SY-2. The molecule has 0 bridgehead atoms. The molecule has 0 amide bonds. The molecule has 0 fully saturated rings. The molecule has 2 aromatic carbocycles. The van der Waals surface area contributed by atoms with E-state index in [1.807, 2.05) is 0 Å². The molecule has 2 rings (SSSR count). The van der Waals surface area contributed by atoms with Crippen LogP contribution >= 0.6 is 0 Å². The molecule has 0 unspecified atom stereocenters. The number of rotatable bonds is 6. The molecular weight excluding hydrogens is 411 g/mol. The van der Waals surface area contributed by atoms with Crippen LogP contribution in [0.25, 0.3) is 10.8 Å². The SMILES string of the molecule is [CH2-]S(=O)(=O)CCOc1ccc2ccccc2c1C(=O)ONO.[CH3-].[Y]. The molecule has 129 valence electrons. The first-order chi connectivity index (χ1) is 10.4. The van der Waals surface area contributed by atoms with E-state index in [2.05, 4.69) is 11.1 Å². The minimum Gasteiger partial charge on any atom is -0.492 e. The van der Waals surface area contributed by atoms with Crippen molar-refractivity contribution in [2.75, 3.05) is 12.4 Å². The van der Waals surface area contributed by atoms with Crippen LogP contribution in [-0.2, 0) is 47.4 Å². The summed E-state index contributed by atoms with van der Waals surface area (Å²) in [4.78, 5) is 16.4.